The summed E-state index contributed by atoms with van der Waals surface area (Å²) in [5, 5.41) is 0.351. The van der Waals surface area contributed by atoms with Crippen LogP contribution < -0.4 is 11.2 Å². The third kappa shape index (κ3) is 6.39. The van der Waals surface area contributed by atoms with Crippen molar-refractivity contribution in [2.45, 2.75) is 52.7 Å². The van der Waals surface area contributed by atoms with Crippen molar-refractivity contribution in [3.05, 3.63) is 91.6 Å². The molecule has 4 aromatic rings. The third-order valence-electron chi connectivity index (χ3n) is 7.11. The predicted molar refractivity (Wildman–Crippen MR) is 159 cm³/mol. The molecule has 7 nitrogen and oxygen atoms in total. The number of thiophene rings is 1. The molecule has 0 fully saturated rings. The molecule has 0 saturated heterocycles. The molecule has 0 amide bonds. The minimum atomic E-state index is -0.763. The van der Waals surface area contributed by atoms with E-state index in [1.807, 2.05) is 43.1 Å². The number of nitrogens with zero attached hydrogens (tertiary/aromatic N) is 3. The van der Waals surface area contributed by atoms with Crippen molar-refractivity contribution in [1.29, 1.82) is 0 Å². The van der Waals surface area contributed by atoms with Gasteiger partial charge in [-0.25, -0.2) is 13.6 Å². The Bertz CT molecular complexity index is 1650. The van der Waals surface area contributed by atoms with Crippen LogP contribution in [0.5, 0.6) is 0 Å². The van der Waals surface area contributed by atoms with E-state index in [2.05, 4.69) is 0 Å². The first-order valence-corrected chi connectivity index (χ1v) is 14.4. The lowest BCUT2D eigenvalue weighted by atomic mass is 10.0. The highest BCUT2D eigenvalue weighted by atomic mass is 32.1. The van der Waals surface area contributed by atoms with Gasteiger partial charge in [0.15, 0.2) is 0 Å². The molecule has 0 aliphatic rings. The highest BCUT2D eigenvalue weighted by molar-refractivity contribution is 7.22. The van der Waals surface area contributed by atoms with Crippen LogP contribution in [-0.2, 0) is 29.0 Å². The molecule has 41 heavy (non-hydrogen) atoms. The number of carbonyl (C=O) groups excluding carboxylic acids is 1. The predicted octanol–water partition coefficient (Wildman–Crippen LogP) is 5.40. The highest BCUT2D eigenvalue weighted by Gasteiger charge is 2.25. The molecule has 0 unspecified atom stereocenters. The van der Waals surface area contributed by atoms with Crippen molar-refractivity contribution in [3.63, 3.8) is 0 Å². The van der Waals surface area contributed by atoms with Gasteiger partial charge in [-0.05, 0) is 49.7 Å². The van der Waals surface area contributed by atoms with Crippen LogP contribution in [0.15, 0.2) is 52.1 Å². The van der Waals surface area contributed by atoms with Crippen LogP contribution in [0.3, 0.4) is 0 Å². The summed E-state index contributed by atoms with van der Waals surface area (Å²) in [7, 11) is 3.53. The Morgan fingerprint density at radius 3 is 2.29 bits per heavy atom. The second kappa shape index (κ2) is 13.0. The quantitative estimate of drug-likeness (QED) is 0.223. The summed E-state index contributed by atoms with van der Waals surface area (Å²) in [5.74, 6) is -1.39. The van der Waals surface area contributed by atoms with Gasteiger partial charge in [-0.1, -0.05) is 37.3 Å². The maximum Gasteiger partial charge on any atom is 0.332 e. The number of ether oxygens (including phenoxy) is 1. The molecule has 0 N–H and O–H groups in total. The van der Waals surface area contributed by atoms with E-state index in [1.165, 1.54) is 22.0 Å². The van der Waals surface area contributed by atoms with Crippen LogP contribution in [0.25, 0.3) is 20.7 Å². The van der Waals surface area contributed by atoms with Crippen molar-refractivity contribution in [2.24, 2.45) is 0 Å². The average molecular weight is 584 g/mol. The molecule has 0 saturated carbocycles. The molecule has 2 aromatic heterocycles. The number of Topliss-reactive ketones (excluding diaryl/α,β-unsaturated/α-hetero) is 1. The molecular weight excluding hydrogens is 548 g/mol. The van der Waals surface area contributed by atoms with Gasteiger partial charge >= 0.3 is 5.69 Å². The number of hydrogen-bond donors (Lipinski definition) is 0. The van der Waals surface area contributed by atoms with Gasteiger partial charge in [0, 0.05) is 49.5 Å². The largest absolute Gasteiger partial charge is 0.383 e. The van der Waals surface area contributed by atoms with Crippen LogP contribution in [0.2, 0.25) is 0 Å². The minimum absolute atomic E-state index is 0.138. The number of carbonyl (C=O) groups is 1. The molecular formula is C31H35F2N3O4S. The lowest BCUT2D eigenvalue weighted by molar-refractivity contribution is -0.118. The number of fused-ring (bicyclic) bond motifs is 1. The van der Waals surface area contributed by atoms with Gasteiger partial charge in [0.2, 0.25) is 0 Å². The number of ketones is 1. The molecule has 0 aliphatic carbocycles. The van der Waals surface area contributed by atoms with E-state index in [9.17, 15) is 23.2 Å². The normalized spacial score (nSPS) is 11.7. The van der Waals surface area contributed by atoms with Gasteiger partial charge in [-0.15, -0.1) is 11.3 Å². The Hall–Kier alpha value is -3.47. The number of hydrogen-bond acceptors (Lipinski definition) is 6. The zero-order valence-corrected chi connectivity index (χ0v) is 24.8. The molecule has 2 heterocycles. The van der Waals surface area contributed by atoms with Gasteiger partial charge in [0.05, 0.1) is 18.5 Å². The van der Waals surface area contributed by atoms with Crippen LogP contribution in [0.1, 0.15) is 49.9 Å². The van der Waals surface area contributed by atoms with E-state index >= 15 is 0 Å². The maximum absolute atomic E-state index is 14.7. The third-order valence-corrected chi connectivity index (χ3v) is 8.42. The summed E-state index contributed by atoms with van der Waals surface area (Å²) in [6, 6.07) is 10.7. The molecule has 4 rings (SSSR count). The zero-order chi connectivity index (χ0) is 29.8. The number of rotatable bonds is 12. The first kappa shape index (κ1) is 30.5. The average Bonchev–Trinajstić information content (AvgIpc) is 3.30. The molecule has 2 aromatic carbocycles. The number of halogens is 2. The molecule has 0 bridgehead atoms. The van der Waals surface area contributed by atoms with E-state index in [0.29, 0.717) is 42.8 Å². The second-order valence-corrected chi connectivity index (χ2v) is 11.4. The first-order valence-electron chi connectivity index (χ1n) is 13.6. The lowest BCUT2D eigenvalue weighted by Crippen LogP contribution is -2.41. The van der Waals surface area contributed by atoms with Crippen molar-refractivity contribution in [1.82, 2.24) is 14.0 Å². The van der Waals surface area contributed by atoms with Gasteiger partial charge in [0.1, 0.15) is 22.2 Å². The van der Waals surface area contributed by atoms with Crippen molar-refractivity contribution in [2.75, 3.05) is 27.3 Å². The van der Waals surface area contributed by atoms with E-state index in [-0.39, 0.29) is 17.9 Å². The Morgan fingerprint density at radius 1 is 1.05 bits per heavy atom. The zero-order valence-electron chi connectivity index (χ0n) is 24.0. The molecule has 0 aliphatic heterocycles. The number of likely N-dealkylation sites (N-methyl/N-ethyl adjacent to an activating group) is 1. The van der Waals surface area contributed by atoms with Crippen LogP contribution >= 0.6 is 11.3 Å². The van der Waals surface area contributed by atoms with Crippen molar-refractivity contribution < 1.29 is 18.3 Å². The smallest absolute Gasteiger partial charge is 0.332 e. The summed E-state index contributed by atoms with van der Waals surface area (Å²) < 4.78 is 37.2. The Morgan fingerprint density at radius 2 is 1.71 bits per heavy atom. The van der Waals surface area contributed by atoms with Gasteiger partial charge in [-0.3, -0.25) is 23.6 Å². The van der Waals surface area contributed by atoms with E-state index < -0.39 is 28.9 Å². The molecule has 218 valence electrons. The van der Waals surface area contributed by atoms with Crippen molar-refractivity contribution in [3.8, 4) is 10.4 Å². The lowest BCUT2D eigenvalue weighted by Gasteiger charge is -2.18. The minimum Gasteiger partial charge on any atom is -0.383 e. The van der Waals surface area contributed by atoms with Crippen LogP contribution in [0.4, 0.5) is 8.78 Å². The second-order valence-electron chi connectivity index (χ2n) is 10.4. The monoisotopic (exact) mass is 583 g/mol. The summed E-state index contributed by atoms with van der Waals surface area (Å²) >= 11 is 1.25. The number of aromatic nitrogens is 2. The standard InChI is InChI=1S/C31H35F2N3O4S/c1-6-22(37)16-20-10-12-21(13-11-20)28-24(17-34(4)14-15-40-5)27-29(38)36(19(2)3)31(39)35(30(27)41-28)18-23-25(32)8-7-9-26(23)33/h7-13,19H,6,14-18H2,1-5H3. The van der Waals surface area contributed by atoms with Crippen LogP contribution in [-0.4, -0.2) is 47.1 Å². The molecule has 0 radical (unpaired) electrons. The molecule has 0 spiro atoms. The first-order chi connectivity index (χ1) is 19.6. The van der Waals surface area contributed by atoms with E-state index in [0.717, 1.165) is 38.3 Å². The van der Waals surface area contributed by atoms with Gasteiger partial charge in [0.25, 0.3) is 5.56 Å². The Kier molecular flexibility index (Phi) is 9.68. The fourth-order valence-electron chi connectivity index (χ4n) is 4.83. The topological polar surface area (TPSA) is 73.5 Å². The van der Waals surface area contributed by atoms with Crippen molar-refractivity contribution >= 4 is 27.3 Å². The summed E-state index contributed by atoms with van der Waals surface area (Å²) in [4.78, 5) is 42.7. The Balaban J connectivity index is 2.00. The molecule has 10 heteroatoms. The summed E-state index contributed by atoms with van der Waals surface area (Å²) in [6.07, 6.45) is 0.793. The van der Waals surface area contributed by atoms with E-state index in [4.69, 9.17) is 4.74 Å². The summed E-state index contributed by atoms with van der Waals surface area (Å²) in [6.45, 7) is 6.40. The Labute approximate surface area is 241 Å². The number of benzene rings is 2. The van der Waals surface area contributed by atoms with Gasteiger partial charge in [-0.2, -0.15) is 0 Å². The summed E-state index contributed by atoms with van der Waals surface area (Å²) in [5.41, 5.74) is 1.12. The van der Waals surface area contributed by atoms with E-state index in [1.54, 1.807) is 21.0 Å². The highest BCUT2D eigenvalue weighted by Crippen LogP contribution is 2.38. The number of methoxy groups -OCH3 is 1. The van der Waals surface area contributed by atoms with Crippen LogP contribution in [0, 0.1) is 11.6 Å². The fourth-order valence-corrected chi connectivity index (χ4v) is 6.13. The fraction of sp³-hybridized carbons (Fsp3) is 0.387. The van der Waals surface area contributed by atoms with Gasteiger partial charge < -0.3 is 4.74 Å². The molecule has 0 atom stereocenters. The SMILES string of the molecule is CCC(=O)Cc1ccc(-c2sc3c(c2CN(C)CCOC)c(=O)n(C(C)C)c(=O)n3Cc2c(F)cccc2F)cc1. The maximum atomic E-state index is 14.7.